The molecule has 1 aromatic carbocycles. The first kappa shape index (κ1) is 14.2. The fourth-order valence-corrected chi connectivity index (χ4v) is 2.61. The highest BCUT2D eigenvalue weighted by molar-refractivity contribution is 6.30. The Labute approximate surface area is 119 Å². The van der Waals surface area contributed by atoms with E-state index < -0.39 is 0 Å². The first-order valence-electron chi connectivity index (χ1n) is 6.96. The van der Waals surface area contributed by atoms with Crippen molar-refractivity contribution in [2.45, 2.75) is 26.2 Å². The highest BCUT2D eigenvalue weighted by Crippen LogP contribution is 2.21. The van der Waals surface area contributed by atoms with Gasteiger partial charge in [0.25, 0.3) is 0 Å². The summed E-state index contributed by atoms with van der Waals surface area (Å²) in [4.78, 5) is 13.8. The Morgan fingerprint density at radius 1 is 1.42 bits per heavy atom. The summed E-state index contributed by atoms with van der Waals surface area (Å²) in [5.41, 5.74) is 1.30. The molecule has 2 amide bonds. The highest BCUT2D eigenvalue weighted by atomic mass is 35.5. The van der Waals surface area contributed by atoms with Gasteiger partial charge in [-0.05, 0) is 42.9 Å². The predicted octanol–water partition coefficient (Wildman–Crippen LogP) is 3.32. The first-order chi connectivity index (χ1) is 9.19. The Hall–Kier alpha value is -1.22. The number of urea groups is 1. The third kappa shape index (κ3) is 4.13. The van der Waals surface area contributed by atoms with Crippen LogP contribution in [0.2, 0.25) is 5.02 Å². The topological polar surface area (TPSA) is 32.3 Å². The molecule has 19 heavy (non-hydrogen) atoms. The highest BCUT2D eigenvalue weighted by Gasteiger charge is 2.25. The van der Waals surface area contributed by atoms with E-state index in [1.54, 1.807) is 0 Å². The van der Waals surface area contributed by atoms with Crippen molar-refractivity contribution in [1.82, 2.24) is 10.2 Å². The van der Waals surface area contributed by atoms with Gasteiger partial charge in [0, 0.05) is 24.7 Å². The van der Waals surface area contributed by atoms with Gasteiger partial charge in [0.2, 0.25) is 0 Å². The van der Waals surface area contributed by atoms with Crippen LogP contribution < -0.4 is 5.32 Å². The molecule has 0 aliphatic carbocycles. The summed E-state index contributed by atoms with van der Waals surface area (Å²) in [6.45, 7) is 4.55. The smallest absolute Gasteiger partial charge is 0.317 e. The second kappa shape index (κ2) is 6.80. The number of benzene rings is 1. The van der Waals surface area contributed by atoms with Gasteiger partial charge in [0.15, 0.2) is 0 Å². The van der Waals surface area contributed by atoms with Crippen LogP contribution in [0, 0.1) is 5.92 Å². The Kier molecular flexibility index (Phi) is 5.08. The molecule has 0 saturated carbocycles. The minimum Gasteiger partial charge on any atom is -0.338 e. The molecule has 1 fully saturated rings. The van der Waals surface area contributed by atoms with Crippen LogP contribution in [0.25, 0.3) is 0 Å². The van der Waals surface area contributed by atoms with E-state index in [1.165, 1.54) is 5.56 Å². The zero-order valence-electron chi connectivity index (χ0n) is 11.4. The number of carbonyl (C=O) groups excluding carboxylic acids is 1. The van der Waals surface area contributed by atoms with Crippen LogP contribution in [0.1, 0.15) is 25.3 Å². The molecule has 1 aliphatic rings. The van der Waals surface area contributed by atoms with Gasteiger partial charge in [0.1, 0.15) is 0 Å². The maximum absolute atomic E-state index is 11.8. The van der Waals surface area contributed by atoms with Crippen molar-refractivity contribution < 1.29 is 4.79 Å². The quantitative estimate of drug-likeness (QED) is 0.901. The average Bonchev–Trinajstić information content (AvgIpc) is 2.87. The molecule has 1 atom stereocenters. The molecule has 0 bridgehead atoms. The number of halogens is 1. The summed E-state index contributed by atoms with van der Waals surface area (Å²) in [6, 6.07) is 8.08. The fourth-order valence-electron chi connectivity index (χ4n) is 2.48. The van der Waals surface area contributed by atoms with E-state index in [1.807, 2.05) is 17.0 Å². The van der Waals surface area contributed by atoms with Crippen molar-refractivity contribution in [3.8, 4) is 0 Å². The summed E-state index contributed by atoms with van der Waals surface area (Å²) in [7, 11) is 0. The number of likely N-dealkylation sites (tertiary alicyclic amines) is 1. The molecule has 0 aromatic heterocycles. The molecular weight excluding hydrogens is 260 g/mol. The lowest BCUT2D eigenvalue weighted by Crippen LogP contribution is -2.38. The zero-order valence-corrected chi connectivity index (χ0v) is 12.1. The largest absolute Gasteiger partial charge is 0.338 e. The molecule has 0 radical (unpaired) electrons. The van der Waals surface area contributed by atoms with Crippen LogP contribution in [0.15, 0.2) is 24.3 Å². The Morgan fingerprint density at radius 3 is 2.84 bits per heavy atom. The van der Waals surface area contributed by atoms with Gasteiger partial charge in [0.05, 0.1) is 0 Å². The van der Waals surface area contributed by atoms with E-state index in [4.69, 9.17) is 11.6 Å². The van der Waals surface area contributed by atoms with Crippen molar-refractivity contribution in [3.05, 3.63) is 34.9 Å². The van der Waals surface area contributed by atoms with Crippen LogP contribution in [0.5, 0.6) is 0 Å². The van der Waals surface area contributed by atoms with E-state index in [0.717, 1.165) is 43.9 Å². The minimum absolute atomic E-state index is 0.0838. The van der Waals surface area contributed by atoms with E-state index in [9.17, 15) is 4.79 Å². The number of nitrogens with zero attached hydrogens (tertiary/aromatic N) is 1. The van der Waals surface area contributed by atoms with Gasteiger partial charge in [-0.25, -0.2) is 4.79 Å². The van der Waals surface area contributed by atoms with Crippen molar-refractivity contribution in [1.29, 1.82) is 0 Å². The molecule has 104 valence electrons. The normalized spacial score (nSPS) is 18.6. The molecule has 1 unspecified atom stereocenters. The summed E-state index contributed by atoms with van der Waals surface area (Å²) in [5, 5.41) is 3.71. The van der Waals surface area contributed by atoms with Crippen LogP contribution in [0.4, 0.5) is 4.79 Å². The fraction of sp³-hybridized carbons (Fsp3) is 0.533. The first-order valence-corrected chi connectivity index (χ1v) is 7.34. The van der Waals surface area contributed by atoms with E-state index in [0.29, 0.717) is 5.92 Å². The molecule has 1 aliphatic heterocycles. The van der Waals surface area contributed by atoms with E-state index in [2.05, 4.69) is 24.4 Å². The van der Waals surface area contributed by atoms with Crippen LogP contribution in [-0.2, 0) is 6.42 Å². The summed E-state index contributed by atoms with van der Waals surface area (Å²) in [5.74, 6) is 0.563. The van der Waals surface area contributed by atoms with Gasteiger partial charge >= 0.3 is 6.03 Å². The van der Waals surface area contributed by atoms with Crippen molar-refractivity contribution in [2.24, 2.45) is 5.92 Å². The second-order valence-corrected chi connectivity index (χ2v) is 5.60. The van der Waals surface area contributed by atoms with E-state index >= 15 is 0 Å². The molecular formula is C15H21ClN2O. The van der Waals surface area contributed by atoms with Gasteiger partial charge in [-0.15, -0.1) is 0 Å². The number of hydrogen-bond donors (Lipinski definition) is 1. The van der Waals surface area contributed by atoms with Gasteiger partial charge in [-0.3, -0.25) is 0 Å². The Bertz CT molecular complexity index is 419. The standard InChI is InChI=1S/C15H21ClN2O/c1-2-8-17-15(19)18-9-7-13(11-18)10-12-3-5-14(16)6-4-12/h3-6,13H,2,7-11H2,1H3,(H,17,19). The summed E-state index contributed by atoms with van der Waals surface area (Å²) < 4.78 is 0. The lowest BCUT2D eigenvalue weighted by Gasteiger charge is -2.17. The van der Waals surface area contributed by atoms with Crippen molar-refractivity contribution in [2.75, 3.05) is 19.6 Å². The van der Waals surface area contributed by atoms with Gasteiger partial charge < -0.3 is 10.2 Å². The monoisotopic (exact) mass is 280 g/mol. The summed E-state index contributed by atoms with van der Waals surface area (Å²) in [6.07, 6.45) is 3.09. The molecule has 2 rings (SSSR count). The lowest BCUT2D eigenvalue weighted by molar-refractivity contribution is 0.207. The Balaban J connectivity index is 1.81. The molecule has 3 nitrogen and oxygen atoms in total. The maximum atomic E-state index is 11.8. The second-order valence-electron chi connectivity index (χ2n) is 5.16. The average molecular weight is 281 g/mol. The number of nitrogens with one attached hydrogen (secondary N) is 1. The minimum atomic E-state index is 0.0838. The lowest BCUT2D eigenvalue weighted by atomic mass is 9.99. The zero-order chi connectivity index (χ0) is 13.7. The number of carbonyl (C=O) groups is 1. The number of hydrogen-bond acceptors (Lipinski definition) is 1. The molecule has 1 heterocycles. The SMILES string of the molecule is CCCNC(=O)N1CCC(Cc2ccc(Cl)cc2)C1. The number of rotatable bonds is 4. The predicted molar refractivity (Wildman–Crippen MR) is 78.5 cm³/mol. The summed E-state index contributed by atoms with van der Waals surface area (Å²) >= 11 is 5.88. The van der Waals surface area contributed by atoms with Crippen molar-refractivity contribution >= 4 is 17.6 Å². The molecule has 0 spiro atoms. The third-order valence-electron chi connectivity index (χ3n) is 3.54. The van der Waals surface area contributed by atoms with Crippen LogP contribution in [0.3, 0.4) is 0 Å². The molecule has 4 heteroatoms. The van der Waals surface area contributed by atoms with Crippen LogP contribution in [-0.4, -0.2) is 30.6 Å². The van der Waals surface area contributed by atoms with Gasteiger partial charge in [-0.1, -0.05) is 30.7 Å². The number of amides is 2. The Morgan fingerprint density at radius 2 is 2.16 bits per heavy atom. The molecule has 1 N–H and O–H groups in total. The maximum Gasteiger partial charge on any atom is 0.317 e. The molecule has 1 aromatic rings. The van der Waals surface area contributed by atoms with Crippen LogP contribution >= 0.6 is 11.6 Å². The molecule has 1 saturated heterocycles. The van der Waals surface area contributed by atoms with Gasteiger partial charge in [-0.2, -0.15) is 0 Å². The van der Waals surface area contributed by atoms with Crippen molar-refractivity contribution in [3.63, 3.8) is 0 Å². The van der Waals surface area contributed by atoms with E-state index in [-0.39, 0.29) is 6.03 Å². The third-order valence-corrected chi connectivity index (χ3v) is 3.79.